The van der Waals surface area contributed by atoms with Crippen molar-refractivity contribution in [2.75, 3.05) is 32.2 Å². The van der Waals surface area contributed by atoms with Gasteiger partial charge in [0.25, 0.3) is 0 Å². The predicted molar refractivity (Wildman–Crippen MR) is 71.7 cm³/mol. The zero-order valence-electron chi connectivity index (χ0n) is 12.9. The fourth-order valence-corrected chi connectivity index (χ4v) is 1.35. The Balaban J connectivity index is 4.32. The Morgan fingerprint density at radius 3 is 1.92 bits per heavy atom. The van der Waals surface area contributed by atoms with E-state index >= 15 is 0 Å². The molecular formula is C12H15F9O4S. The molecule has 0 aliphatic rings. The fraction of sp³-hybridized carbons (Fsp3) is 0.917. The minimum Gasteiger partial charge on any atom is -0.466 e. The Morgan fingerprint density at radius 2 is 1.42 bits per heavy atom. The van der Waals surface area contributed by atoms with Gasteiger partial charge >= 0.3 is 30.1 Å². The Hall–Kier alpha value is -0.890. The third-order valence-corrected chi connectivity index (χ3v) is 2.79. The molecule has 4 nitrogen and oxygen atoms in total. The summed E-state index contributed by atoms with van der Waals surface area (Å²) in [6.45, 7) is -5.83. The van der Waals surface area contributed by atoms with Gasteiger partial charge < -0.3 is 14.2 Å². The van der Waals surface area contributed by atoms with Crippen molar-refractivity contribution in [3.05, 3.63) is 0 Å². The molecule has 0 aliphatic heterocycles. The first-order valence-electron chi connectivity index (χ1n) is 6.84. The van der Waals surface area contributed by atoms with E-state index < -0.39 is 49.9 Å². The first kappa shape index (κ1) is 25.1. The van der Waals surface area contributed by atoms with E-state index in [1.165, 1.54) is 0 Å². The van der Waals surface area contributed by atoms with E-state index in [2.05, 4.69) is 26.8 Å². The van der Waals surface area contributed by atoms with Crippen LogP contribution in [-0.4, -0.2) is 62.3 Å². The second kappa shape index (κ2) is 9.88. The summed E-state index contributed by atoms with van der Waals surface area (Å²) in [6, 6.07) is 0. The predicted octanol–water partition coefficient (Wildman–Crippen LogP) is 3.70. The monoisotopic (exact) mass is 426 g/mol. The Labute approximate surface area is 147 Å². The first-order valence-corrected chi connectivity index (χ1v) is 7.48. The molecule has 0 aliphatic carbocycles. The molecular weight excluding hydrogens is 411 g/mol. The summed E-state index contributed by atoms with van der Waals surface area (Å²) in [5.41, 5.74) is 0. The standard InChI is InChI=1S/C12H15F9O4S/c13-9(14,11(17,18)19)7-25-12(20,21)10(15,16)6-23-3-1-4-24-8(22)2-5-26/h26H,1-7H2. The molecule has 0 spiro atoms. The van der Waals surface area contributed by atoms with Crippen LogP contribution in [-0.2, 0) is 19.0 Å². The molecule has 0 unspecified atom stereocenters. The van der Waals surface area contributed by atoms with Gasteiger partial charge in [-0.2, -0.15) is 52.1 Å². The van der Waals surface area contributed by atoms with Crippen LogP contribution in [0.3, 0.4) is 0 Å². The van der Waals surface area contributed by atoms with Crippen molar-refractivity contribution < 1.29 is 58.5 Å². The highest BCUT2D eigenvalue weighted by Gasteiger charge is 2.63. The van der Waals surface area contributed by atoms with Crippen molar-refractivity contribution >= 4 is 18.6 Å². The molecule has 14 heteroatoms. The maximum Gasteiger partial charge on any atom is 0.455 e. The van der Waals surface area contributed by atoms with Crippen molar-refractivity contribution in [2.45, 2.75) is 37.0 Å². The van der Waals surface area contributed by atoms with E-state index in [9.17, 15) is 44.3 Å². The van der Waals surface area contributed by atoms with Gasteiger partial charge in [-0.25, -0.2) is 0 Å². The summed E-state index contributed by atoms with van der Waals surface area (Å²) in [4.78, 5) is 10.9. The van der Waals surface area contributed by atoms with Crippen molar-refractivity contribution in [3.8, 4) is 0 Å². The SMILES string of the molecule is O=C(CCS)OCCCOCC(F)(F)C(F)(F)OCC(F)(F)C(F)(F)F. The summed E-state index contributed by atoms with van der Waals surface area (Å²) < 4.78 is 124. The second-order valence-electron chi connectivity index (χ2n) is 4.81. The third-order valence-electron chi connectivity index (χ3n) is 2.57. The average molecular weight is 426 g/mol. The lowest BCUT2D eigenvalue weighted by molar-refractivity contribution is -0.385. The Morgan fingerprint density at radius 1 is 0.846 bits per heavy atom. The minimum atomic E-state index is -6.24. The summed E-state index contributed by atoms with van der Waals surface area (Å²) in [5, 5.41) is 0. The van der Waals surface area contributed by atoms with Crippen LogP contribution in [0.2, 0.25) is 0 Å². The molecule has 0 heterocycles. The highest BCUT2D eigenvalue weighted by Crippen LogP contribution is 2.40. The normalized spacial score (nSPS) is 13.8. The number of ether oxygens (including phenoxy) is 3. The van der Waals surface area contributed by atoms with Gasteiger partial charge in [0.05, 0.1) is 19.6 Å². The summed E-state index contributed by atoms with van der Waals surface area (Å²) >= 11 is 3.75. The molecule has 0 aromatic heterocycles. The lowest BCUT2D eigenvalue weighted by Crippen LogP contribution is -2.50. The molecule has 0 aromatic rings. The zero-order valence-corrected chi connectivity index (χ0v) is 13.8. The maximum atomic E-state index is 13.2. The van der Waals surface area contributed by atoms with Crippen LogP contribution in [0.25, 0.3) is 0 Å². The van der Waals surface area contributed by atoms with Crippen LogP contribution >= 0.6 is 12.6 Å². The van der Waals surface area contributed by atoms with Gasteiger partial charge in [-0.1, -0.05) is 0 Å². The number of halogens is 9. The topological polar surface area (TPSA) is 44.8 Å². The summed E-state index contributed by atoms with van der Waals surface area (Å²) in [5.74, 6) is -11.3. The largest absolute Gasteiger partial charge is 0.466 e. The van der Waals surface area contributed by atoms with Crippen LogP contribution in [0.15, 0.2) is 0 Å². The minimum absolute atomic E-state index is 0.00579. The fourth-order valence-electron chi connectivity index (χ4n) is 1.16. The van der Waals surface area contributed by atoms with E-state index in [0.717, 1.165) is 0 Å². The zero-order chi connectivity index (χ0) is 20.6. The molecule has 0 saturated heterocycles. The molecule has 0 fully saturated rings. The van der Waals surface area contributed by atoms with Crippen molar-refractivity contribution in [1.29, 1.82) is 0 Å². The molecule has 156 valence electrons. The van der Waals surface area contributed by atoms with E-state index in [-0.39, 0.29) is 25.2 Å². The smallest absolute Gasteiger partial charge is 0.455 e. The Kier molecular flexibility index (Phi) is 9.54. The van der Waals surface area contributed by atoms with Crippen LogP contribution in [0, 0.1) is 0 Å². The highest BCUT2D eigenvalue weighted by atomic mass is 32.1. The molecule has 0 aromatic carbocycles. The highest BCUT2D eigenvalue weighted by molar-refractivity contribution is 7.80. The average Bonchev–Trinajstić information content (AvgIpc) is 2.48. The van der Waals surface area contributed by atoms with Crippen LogP contribution in [0.5, 0.6) is 0 Å². The quantitative estimate of drug-likeness (QED) is 0.224. The van der Waals surface area contributed by atoms with E-state index in [0.29, 0.717) is 0 Å². The van der Waals surface area contributed by atoms with Gasteiger partial charge in [0.15, 0.2) is 0 Å². The lowest BCUT2D eigenvalue weighted by Gasteiger charge is -2.28. The number of thiol groups is 1. The van der Waals surface area contributed by atoms with Gasteiger partial charge in [0.1, 0.15) is 13.2 Å². The Bertz CT molecular complexity index is 443. The van der Waals surface area contributed by atoms with Gasteiger partial charge in [0.2, 0.25) is 0 Å². The third kappa shape index (κ3) is 8.20. The molecule has 0 amide bonds. The van der Waals surface area contributed by atoms with Crippen molar-refractivity contribution in [1.82, 2.24) is 0 Å². The summed E-state index contributed by atoms with van der Waals surface area (Å²) in [7, 11) is 0. The maximum absolute atomic E-state index is 13.2. The number of esters is 1. The lowest BCUT2D eigenvalue weighted by atomic mass is 10.3. The van der Waals surface area contributed by atoms with Crippen molar-refractivity contribution in [2.24, 2.45) is 0 Å². The number of hydrogen-bond donors (Lipinski definition) is 1. The van der Waals surface area contributed by atoms with Crippen LogP contribution in [0.4, 0.5) is 39.5 Å². The molecule has 0 saturated carbocycles. The van der Waals surface area contributed by atoms with E-state index in [4.69, 9.17) is 0 Å². The number of carbonyl (C=O) groups excluding carboxylic acids is 1. The van der Waals surface area contributed by atoms with Gasteiger partial charge in [0, 0.05) is 12.2 Å². The number of rotatable bonds is 12. The molecule has 0 atom stereocenters. The van der Waals surface area contributed by atoms with Gasteiger partial charge in [-0.05, 0) is 0 Å². The number of carbonyl (C=O) groups is 1. The van der Waals surface area contributed by atoms with Crippen LogP contribution in [0.1, 0.15) is 12.8 Å². The van der Waals surface area contributed by atoms with E-state index in [1.807, 2.05) is 0 Å². The molecule has 0 rings (SSSR count). The molecule has 0 radical (unpaired) electrons. The number of alkyl halides is 9. The van der Waals surface area contributed by atoms with Gasteiger partial charge in [-0.15, -0.1) is 0 Å². The second-order valence-corrected chi connectivity index (χ2v) is 5.26. The summed E-state index contributed by atoms with van der Waals surface area (Å²) in [6.07, 6.45) is -12.0. The number of hydrogen-bond acceptors (Lipinski definition) is 5. The molecule has 0 bridgehead atoms. The van der Waals surface area contributed by atoms with E-state index in [1.54, 1.807) is 0 Å². The van der Waals surface area contributed by atoms with Gasteiger partial charge in [-0.3, -0.25) is 4.79 Å². The van der Waals surface area contributed by atoms with Crippen LogP contribution < -0.4 is 0 Å². The molecule has 26 heavy (non-hydrogen) atoms. The first-order chi connectivity index (χ1) is 11.7. The molecule has 0 N–H and O–H groups in total. The van der Waals surface area contributed by atoms with Crippen molar-refractivity contribution in [3.63, 3.8) is 0 Å².